The molecule has 0 aliphatic heterocycles. The Morgan fingerprint density at radius 2 is 0.854 bits per heavy atom. The van der Waals surface area contributed by atoms with Crippen molar-refractivity contribution in [2.75, 3.05) is 0 Å². The number of fused-ring (bicyclic) bond motifs is 6. The zero-order valence-electron chi connectivity index (χ0n) is 27.5. The molecule has 230 valence electrons. The minimum Gasteiger partial charge on any atom is -0.309 e. The third kappa shape index (κ3) is 4.48. The van der Waals surface area contributed by atoms with Crippen LogP contribution in [0.1, 0.15) is 26.3 Å². The summed E-state index contributed by atoms with van der Waals surface area (Å²) in [5.74, 6) is 0. The lowest BCUT2D eigenvalue weighted by Gasteiger charge is -2.20. The monoisotopic (exact) mass is 616 g/mol. The van der Waals surface area contributed by atoms with Gasteiger partial charge in [-0.15, -0.1) is 0 Å². The van der Waals surface area contributed by atoms with Gasteiger partial charge >= 0.3 is 0 Å². The predicted molar refractivity (Wildman–Crippen MR) is 205 cm³/mol. The van der Waals surface area contributed by atoms with Crippen LogP contribution in [-0.2, 0) is 5.41 Å². The summed E-state index contributed by atoms with van der Waals surface area (Å²) in [6, 6.07) is 60.0. The fourth-order valence-corrected chi connectivity index (χ4v) is 7.48. The van der Waals surface area contributed by atoms with E-state index >= 15 is 0 Å². The Kier molecular flexibility index (Phi) is 6.42. The normalized spacial score (nSPS) is 12.1. The number of rotatable bonds is 4. The summed E-state index contributed by atoms with van der Waals surface area (Å²) >= 11 is 0. The van der Waals surface area contributed by atoms with Gasteiger partial charge in [0.2, 0.25) is 0 Å². The molecule has 0 amide bonds. The first-order chi connectivity index (χ1) is 23.5. The Morgan fingerprint density at radius 1 is 0.375 bits per heavy atom. The number of para-hydroxylation sites is 4. The highest BCUT2D eigenvalue weighted by atomic mass is 15.0. The van der Waals surface area contributed by atoms with Crippen molar-refractivity contribution in [1.29, 1.82) is 0 Å². The molecule has 2 aromatic heterocycles. The molecule has 0 aliphatic rings. The van der Waals surface area contributed by atoms with Gasteiger partial charge in [0.15, 0.2) is 0 Å². The lowest BCUT2D eigenvalue weighted by Crippen LogP contribution is -2.10. The van der Waals surface area contributed by atoms with Crippen LogP contribution in [0, 0.1) is 0 Å². The third-order valence-electron chi connectivity index (χ3n) is 9.90. The maximum absolute atomic E-state index is 2.44. The van der Waals surface area contributed by atoms with Crippen molar-refractivity contribution in [3.05, 3.63) is 169 Å². The van der Waals surface area contributed by atoms with Crippen molar-refractivity contribution >= 4 is 43.6 Å². The quantitative estimate of drug-likeness (QED) is 0.186. The van der Waals surface area contributed by atoms with Crippen LogP contribution in [0.15, 0.2) is 164 Å². The molecule has 0 aliphatic carbocycles. The van der Waals surface area contributed by atoms with E-state index in [4.69, 9.17) is 0 Å². The van der Waals surface area contributed by atoms with Crippen molar-refractivity contribution in [2.24, 2.45) is 0 Å². The molecule has 2 heteroatoms. The molecule has 0 saturated carbocycles. The molecule has 9 aromatic rings. The third-order valence-corrected chi connectivity index (χ3v) is 9.90. The van der Waals surface area contributed by atoms with Crippen molar-refractivity contribution in [3.8, 4) is 33.6 Å². The second-order valence-electron chi connectivity index (χ2n) is 13.8. The Morgan fingerprint density at radius 3 is 1.48 bits per heavy atom. The molecule has 0 spiro atoms. The van der Waals surface area contributed by atoms with Crippen LogP contribution < -0.4 is 0 Å². The standard InChI is InChI=1S/C46H36N2/c1-46(2,3)34-25-21-31(22-26-34)36-15-7-10-18-41(36)48-43-20-12-9-17-38(43)40-30-33(24-28-45(40)48)32-23-27-44-39(29-32)37-16-8-11-19-42(37)47(44)35-13-5-4-6-14-35/h4-30H,1-3H3. The molecule has 0 atom stereocenters. The van der Waals surface area contributed by atoms with Crippen LogP contribution in [0.25, 0.3) is 77.2 Å². The first-order valence-electron chi connectivity index (χ1n) is 16.8. The SMILES string of the molecule is CC(C)(C)c1ccc(-c2ccccc2-n2c3ccccc3c3cc(-c4ccc5c(c4)c4ccccc4n5-c4ccccc4)ccc32)cc1. The summed E-state index contributed by atoms with van der Waals surface area (Å²) in [7, 11) is 0. The zero-order valence-corrected chi connectivity index (χ0v) is 27.5. The van der Waals surface area contributed by atoms with E-state index in [1.807, 2.05) is 0 Å². The zero-order chi connectivity index (χ0) is 32.4. The first kappa shape index (κ1) is 28.4. The molecular weight excluding hydrogens is 581 g/mol. The summed E-state index contributed by atoms with van der Waals surface area (Å²) in [4.78, 5) is 0. The van der Waals surface area contributed by atoms with Gasteiger partial charge in [-0.05, 0) is 82.3 Å². The topological polar surface area (TPSA) is 9.86 Å². The lowest BCUT2D eigenvalue weighted by atomic mass is 9.86. The number of nitrogens with zero attached hydrogens (tertiary/aromatic N) is 2. The second kappa shape index (κ2) is 10.9. The summed E-state index contributed by atoms with van der Waals surface area (Å²) in [6.07, 6.45) is 0. The van der Waals surface area contributed by atoms with E-state index in [0.717, 1.165) is 0 Å². The highest BCUT2D eigenvalue weighted by Crippen LogP contribution is 2.40. The van der Waals surface area contributed by atoms with E-state index in [1.165, 1.54) is 82.8 Å². The Labute approximate surface area is 281 Å². The number of hydrogen-bond donors (Lipinski definition) is 0. The second-order valence-corrected chi connectivity index (χ2v) is 13.8. The molecule has 0 unspecified atom stereocenters. The van der Waals surface area contributed by atoms with Gasteiger partial charge in [-0.25, -0.2) is 0 Å². The van der Waals surface area contributed by atoms with E-state index in [-0.39, 0.29) is 5.41 Å². The maximum Gasteiger partial charge on any atom is 0.0541 e. The van der Waals surface area contributed by atoms with Gasteiger partial charge in [-0.2, -0.15) is 0 Å². The van der Waals surface area contributed by atoms with Gasteiger partial charge in [0, 0.05) is 32.8 Å². The summed E-state index contributed by atoms with van der Waals surface area (Å²) in [6.45, 7) is 6.80. The van der Waals surface area contributed by atoms with Gasteiger partial charge < -0.3 is 9.13 Å². The highest BCUT2D eigenvalue weighted by molar-refractivity contribution is 6.13. The smallest absolute Gasteiger partial charge is 0.0541 e. The van der Waals surface area contributed by atoms with Crippen molar-refractivity contribution in [1.82, 2.24) is 9.13 Å². The molecule has 0 radical (unpaired) electrons. The average Bonchev–Trinajstić information content (AvgIpc) is 3.64. The molecule has 7 aromatic carbocycles. The van der Waals surface area contributed by atoms with Crippen molar-refractivity contribution in [2.45, 2.75) is 26.2 Å². The van der Waals surface area contributed by atoms with Crippen LogP contribution >= 0.6 is 0 Å². The summed E-state index contributed by atoms with van der Waals surface area (Å²) in [5.41, 5.74) is 13.6. The fourth-order valence-electron chi connectivity index (χ4n) is 7.48. The minimum atomic E-state index is 0.117. The summed E-state index contributed by atoms with van der Waals surface area (Å²) in [5, 5.41) is 5.05. The van der Waals surface area contributed by atoms with Crippen LogP contribution in [0.2, 0.25) is 0 Å². The number of benzene rings is 7. The average molecular weight is 617 g/mol. The van der Waals surface area contributed by atoms with E-state index < -0.39 is 0 Å². The van der Waals surface area contributed by atoms with E-state index in [9.17, 15) is 0 Å². The van der Waals surface area contributed by atoms with Gasteiger partial charge in [-0.3, -0.25) is 0 Å². The van der Waals surface area contributed by atoms with Crippen LogP contribution in [0.4, 0.5) is 0 Å². The molecule has 0 N–H and O–H groups in total. The van der Waals surface area contributed by atoms with Gasteiger partial charge in [0.1, 0.15) is 0 Å². The molecule has 0 fully saturated rings. The van der Waals surface area contributed by atoms with Gasteiger partial charge in [0.05, 0.1) is 27.8 Å². The first-order valence-corrected chi connectivity index (χ1v) is 16.8. The number of aromatic nitrogens is 2. The molecule has 0 bridgehead atoms. The van der Waals surface area contributed by atoms with E-state index in [2.05, 4.69) is 194 Å². The minimum absolute atomic E-state index is 0.117. The van der Waals surface area contributed by atoms with Crippen molar-refractivity contribution < 1.29 is 0 Å². The maximum atomic E-state index is 2.44. The van der Waals surface area contributed by atoms with Gasteiger partial charge in [-0.1, -0.05) is 130 Å². The van der Waals surface area contributed by atoms with Crippen molar-refractivity contribution in [3.63, 3.8) is 0 Å². The molecular formula is C46H36N2. The Bertz CT molecular complexity index is 2630. The molecule has 48 heavy (non-hydrogen) atoms. The predicted octanol–water partition coefficient (Wildman–Crippen LogP) is 12.5. The summed E-state index contributed by atoms with van der Waals surface area (Å²) < 4.78 is 4.82. The fraction of sp³-hybridized carbons (Fsp3) is 0.0870. The molecule has 2 heterocycles. The van der Waals surface area contributed by atoms with Crippen LogP contribution in [0.5, 0.6) is 0 Å². The molecule has 9 rings (SSSR count). The Hall–Kier alpha value is -5.86. The van der Waals surface area contributed by atoms with Crippen LogP contribution in [-0.4, -0.2) is 9.13 Å². The van der Waals surface area contributed by atoms with E-state index in [1.54, 1.807) is 0 Å². The molecule has 0 saturated heterocycles. The van der Waals surface area contributed by atoms with E-state index in [0.29, 0.717) is 0 Å². The Balaban J connectivity index is 1.22. The number of hydrogen-bond acceptors (Lipinski definition) is 0. The lowest BCUT2D eigenvalue weighted by molar-refractivity contribution is 0.590. The van der Waals surface area contributed by atoms with Crippen LogP contribution in [0.3, 0.4) is 0 Å². The molecule has 2 nitrogen and oxygen atoms in total. The highest BCUT2D eigenvalue weighted by Gasteiger charge is 2.18. The van der Waals surface area contributed by atoms with Gasteiger partial charge in [0.25, 0.3) is 0 Å². The largest absolute Gasteiger partial charge is 0.309 e.